The van der Waals surface area contributed by atoms with Crippen LogP contribution in [0.2, 0.25) is 5.02 Å². The standard InChI is InChI=1S/C23H21ClN2O4/c24-16-8-9-18-15(12-16)13-20(29-18)23(28)26-14-21(22(27)25-10-4-1-5-11-25)30-19-7-3-2-6-17(19)26/h2-3,6-9,12-13,21H,1,4-5,10-11,14H2/t21-/m1/s1. The lowest BCUT2D eigenvalue weighted by Gasteiger charge is -2.37. The fourth-order valence-corrected chi connectivity index (χ4v) is 4.31. The first-order chi connectivity index (χ1) is 14.6. The van der Waals surface area contributed by atoms with Gasteiger partial charge < -0.3 is 14.1 Å². The highest BCUT2D eigenvalue weighted by Gasteiger charge is 2.37. The molecule has 0 radical (unpaired) electrons. The molecule has 3 aromatic rings. The Morgan fingerprint density at radius 3 is 2.63 bits per heavy atom. The summed E-state index contributed by atoms with van der Waals surface area (Å²) in [6, 6.07) is 14.2. The van der Waals surface area contributed by atoms with Crippen LogP contribution in [0.15, 0.2) is 52.9 Å². The molecular formula is C23H21ClN2O4. The minimum atomic E-state index is -0.735. The molecule has 0 aliphatic carbocycles. The average molecular weight is 425 g/mol. The van der Waals surface area contributed by atoms with Crippen LogP contribution >= 0.6 is 11.6 Å². The molecule has 2 aromatic carbocycles. The van der Waals surface area contributed by atoms with E-state index < -0.39 is 6.10 Å². The van der Waals surface area contributed by atoms with E-state index >= 15 is 0 Å². The summed E-state index contributed by atoms with van der Waals surface area (Å²) in [6.07, 6.45) is 2.40. The number of carbonyl (C=O) groups is 2. The van der Waals surface area contributed by atoms with Crippen LogP contribution in [0.25, 0.3) is 11.0 Å². The van der Waals surface area contributed by atoms with Crippen LogP contribution in [0.4, 0.5) is 5.69 Å². The van der Waals surface area contributed by atoms with Gasteiger partial charge in [-0.15, -0.1) is 0 Å². The van der Waals surface area contributed by atoms with Gasteiger partial charge in [0.1, 0.15) is 11.3 Å². The number of para-hydroxylation sites is 2. The highest BCUT2D eigenvalue weighted by Crippen LogP contribution is 2.35. The summed E-state index contributed by atoms with van der Waals surface area (Å²) in [5, 5.41) is 1.33. The third-order valence-corrected chi connectivity index (χ3v) is 5.89. The lowest BCUT2D eigenvalue weighted by atomic mass is 10.1. The van der Waals surface area contributed by atoms with Gasteiger partial charge in [0, 0.05) is 23.5 Å². The van der Waals surface area contributed by atoms with E-state index in [2.05, 4.69) is 0 Å². The summed E-state index contributed by atoms with van der Waals surface area (Å²) in [4.78, 5) is 29.9. The van der Waals surface area contributed by atoms with Crippen molar-refractivity contribution in [2.24, 2.45) is 0 Å². The first-order valence-electron chi connectivity index (χ1n) is 10.2. The zero-order valence-electron chi connectivity index (χ0n) is 16.3. The van der Waals surface area contributed by atoms with Gasteiger partial charge in [0.05, 0.1) is 12.2 Å². The SMILES string of the molecule is O=C([C@H]1CN(C(=O)c2cc3cc(Cl)ccc3o2)c2ccccc2O1)N1CCCCC1. The molecule has 1 atom stereocenters. The van der Waals surface area contributed by atoms with Crippen LogP contribution in [0.3, 0.4) is 0 Å². The van der Waals surface area contributed by atoms with Crippen molar-refractivity contribution in [1.82, 2.24) is 4.90 Å². The fraction of sp³-hybridized carbons (Fsp3) is 0.304. The molecule has 0 saturated carbocycles. The van der Waals surface area contributed by atoms with Gasteiger partial charge in [-0.05, 0) is 55.7 Å². The highest BCUT2D eigenvalue weighted by atomic mass is 35.5. The predicted molar refractivity (Wildman–Crippen MR) is 114 cm³/mol. The third-order valence-electron chi connectivity index (χ3n) is 5.65. The van der Waals surface area contributed by atoms with Gasteiger partial charge in [-0.25, -0.2) is 0 Å². The number of hydrogen-bond acceptors (Lipinski definition) is 4. The normalized spacial score (nSPS) is 18.8. The number of piperidine rings is 1. The number of likely N-dealkylation sites (tertiary alicyclic amines) is 1. The van der Waals surface area contributed by atoms with E-state index in [9.17, 15) is 9.59 Å². The monoisotopic (exact) mass is 424 g/mol. The van der Waals surface area contributed by atoms with E-state index in [4.69, 9.17) is 20.8 Å². The Labute approximate surface area is 178 Å². The lowest BCUT2D eigenvalue weighted by molar-refractivity contribution is -0.139. The van der Waals surface area contributed by atoms with Crippen molar-refractivity contribution in [3.63, 3.8) is 0 Å². The summed E-state index contributed by atoms with van der Waals surface area (Å²) in [7, 11) is 0. The second-order valence-corrected chi connectivity index (χ2v) is 8.11. The maximum atomic E-state index is 13.4. The van der Waals surface area contributed by atoms with Crippen LogP contribution < -0.4 is 9.64 Å². The van der Waals surface area contributed by atoms with E-state index in [-0.39, 0.29) is 24.1 Å². The van der Waals surface area contributed by atoms with Crippen LogP contribution in [0, 0.1) is 0 Å². The van der Waals surface area contributed by atoms with Gasteiger partial charge in [0.25, 0.3) is 11.8 Å². The Kier molecular flexibility index (Phi) is 4.87. The van der Waals surface area contributed by atoms with Crippen LogP contribution in [-0.4, -0.2) is 42.5 Å². The number of halogens is 1. The Balaban J connectivity index is 1.47. The second kappa shape index (κ2) is 7.69. The van der Waals surface area contributed by atoms with Crippen molar-refractivity contribution < 1.29 is 18.7 Å². The third kappa shape index (κ3) is 3.41. The van der Waals surface area contributed by atoms with Gasteiger partial charge in [0.15, 0.2) is 11.9 Å². The largest absolute Gasteiger partial charge is 0.476 e. The highest BCUT2D eigenvalue weighted by molar-refractivity contribution is 6.31. The zero-order chi connectivity index (χ0) is 20.7. The molecule has 2 aliphatic heterocycles. The number of rotatable bonds is 2. The molecule has 7 heteroatoms. The fourth-order valence-electron chi connectivity index (χ4n) is 4.13. The number of carbonyl (C=O) groups excluding carboxylic acids is 2. The van der Waals surface area contributed by atoms with E-state index in [1.165, 1.54) is 0 Å². The molecule has 2 aliphatic rings. The van der Waals surface area contributed by atoms with E-state index in [0.717, 1.165) is 37.7 Å². The molecule has 5 rings (SSSR count). The molecule has 1 aromatic heterocycles. The van der Waals surface area contributed by atoms with Crippen molar-refractivity contribution >= 4 is 40.1 Å². The average Bonchev–Trinajstić information content (AvgIpc) is 3.21. The number of fused-ring (bicyclic) bond motifs is 2. The Bertz CT molecular complexity index is 1120. The van der Waals surface area contributed by atoms with Crippen molar-refractivity contribution in [3.8, 4) is 5.75 Å². The molecular weight excluding hydrogens is 404 g/mol. The molecule has 6 nitrogen and oxygen atoms in total. The number of benzene rings is 2. The number of furan rings is 1. The van der Waals surface area contributed by atoms with Gasteiger partial charge in [-0.1, -0.05) is 23.7 Å². The number of anilines is 1. The molecule has 3 heterocycles. The number of hydrogen-bond donors (Lipinski definition) is 0. The van der Waals surface area contributed by atoms with Gasteiger partial charge in [-0.2, -0.15) is 0 Å². The first-order valence-corrected chi connectivity index (χ1v) is 10.5. The van der Waals surface area contributed by atoms with Gasteiger partial charge >= 0.3 is 0 Å². The molecule has 0 unspecified atom stereocenters. The van der Waals surface area contributed by atoms with Crippen molar-refractivity contribution in [2.45, 2.75) is 25.4 Å². The molecule has 1 fully saturated rings. The number of amides is 2. The van der Waals surface area contributed by atoms with E-state index in [1.807, 2.05) is 23.1 Å². The van der Waals surface area contributed by atoms with E-state index in [1.54, 1.807) is 35.2 Å². The molecule has 0 N–H and O–H groups in total. The maximum Gasteiger partial charge on any atom is 0.294 e. The quantitative estimate of drug-likeness (QED) is 0.607. The van der Waals surface area contributed by atoms with Gasteiger partial charge in [-0.3, -0.25) is 14.5 Å². The summed E-state index contributed by atoms with van der Waals surface area (Å²) < 4.78 is 11.8. The Hall–Kier alpha value is -2.99. The smallest absolute Gasteiger partial charge is 0.294 e. The maximum absolute atomic E-state index is 13.4. The molecule has 30 heavy (non-hydrogen) atoms. The molecule has 1 saturated heterocycles. The molecule has 154 valence electrons. The topological polar surface area (TPSA) is 63.0 Å². The van der Waals surface area contributed by atoms with Crippen molar-refractivity contribution in [2.75, 3.05) is 24.5 Å². The predicted octanol–water partition coefficient (Wildman–Crippen LogP) is 4.51. The summed E-state index contributed by atoms with van der Waals surface area (Å²) in [6.45, 7) is 1.61. The first kappa shape index (κ1) is 19.0. The van der Waals surface area contributed by atoms with Crippen LogP contribution in [-0.2, 0) is 4.79 Å². The summed E-state index contributed by atoms with van der Waals surface area (Å²) in [5.74, 6) is 0.340. The van der Waals surface area contributed by atoms with Crippen molar-refractivity contribution in [1.29, 1.82) is 0 Å². The number of nitrogens with zero attached hydrogens (tertiary/aromatic N) is 2. The number of ether oxygens (including phenoxy) is 1. The zero-order valence-corrected chi connectivity index (χ0v) is 17.1. The van der Waals surface area contributed by atoms with Crippen LogP contribution in [0.5, 0.6) is 5.75 Å². The summed E-state index contributed by atoms with van der Waals surface area (Å²) >= 11 is 6.06. The molecule has 2 amide bonds. The second-order valence-electron chi connectivity index (χ2n) is 7.67. The van der Waals surface area contributed by atoms with Crippen LogP contribution in [0.1, 0.15) is 29.8 Å². The molecule has 0 spiro atoms. The van der Waals surface area contributed by atoms with Gasteiger partial charge in [0.2, 0.25) is 0 Å². The van der Waals surface area contributed by atoms with Crippen molar-refractivity contribution in [3.05, 3.63) is 59.3 Å². The Morgan fingerprint density at radius 1 is 1.00 bits per heavy atom. The van der Waals surface area contributed by atoms with E-state index in [0.29, 0.717) is 22.0 Å². The Morgan fingerprint density at radius 2 is 1.80 bits per heavy atom. The minimum absolute atomic E-state index is 0.0709. The lowest BCUT2D eigenvalue weighted by Crippen LogP contribution is -2.52. The molecule has 0 bridgehead atoms. The minimum Gasteiger partial charge on any atom is -0.476 e. The summed E-state index contributed by atoms with van der Waals surface area (Å²) in [5.41, 5.74) is 1.22.